The van der Waals surface area contributed by atoms with Gasteiger partial charge in [-0.25, -0.2) is 0 Å². The minimum absolute atomic E-state index is 0.191. The van der Waals surface area contributed by atoms with E-state index >= 15 is 0 Å². The van der Waals surface area contributed by atoms with Gasteiger partial charge in [0.15, 0.2) is 0 Å². The van der Waals surface area contributed by atoms with E-state index < -0.39 is 5.41 Å². The van der Waals surface area contributed by atoms with E-state index in [4.69, 9.17) is 0 Å². The Bertz CT molecular complexity index is 3270. The molecule has 10 aromatic carbocycles. The van der Waals surface area contributed by atoms with Crippen molar-refractivity contribution in [1.29, 1.82) is 0 Å². The lowest BCUT2D eigenvalue weighted by atomic mass is 9.70. The predicted molar refractivity (Wildman–Crippen MR) is 256 cm³/mol. The summed E-state index contributed by atoms with van der Waals surface area (Å²) in [6, 6.07) is 83.7. The molecule has 0 fully saturated rings. The maximum absolute atomic E-state index is 2.50. The zero-order valence-electron chi connectivity index (χ0n) is 34.3. The van der Waals surface area contributed by atoms with Crippen LogP contribution in [0.3, 0.4) is 0 Å². The van der Waals surface area contributed by atoms with Gasteiger partial charge in [-0.15, -0.1) is 0 Å². The monoisotopic (exact) mass is 777 g/mol. The molecular formula is C60H43N. The van der Waals surface area contributed by atoms with Crippen molar-refractivity contribution in [3.8, 4) is 33.4 Å². The van der Waals surface area contributed by atoms with Crippen LogP contribution in [0.25, 0.3) is 54.9 Å². The van der Waals surface area contributed by atoms with Crippen molar-refractivity contribution in [3.63, 3.8) is 0 Å². The highest BCUT2D eigenvalue weighted by Crippen LogP contribution is 2.63. The lowest BCUT2D eigenvalue weighted by Crippen LogP contribution is -2.26. The largest absolute Gasteiger partial charge is 0.310 e. The van der Waals surface area contributed by atoms with Gasteiger partial charge in [0.1, 0.15) is 0 Å². The minimum Gasteiger partial charge on any atom is -0.310 e. The quantitative estimate of drug-likeness (QED) is 0.163. The molecule has 0 heterocycles. The Morgan fingerprint density at radius 3 is 1.46 bits per heavy atom. The number of benzene rings is 10. The second kappa shape index (κ2) is 13.5. The van der Waals surface area contributed by atoms with Gasteiger partial charge in [0.2, 0.25) is 0 Å². The Morgan fingerprint density at radius 1 is 0.311 bits per heavy atom. The van der Waals surface area contributed by atoms with E-state index in [9.17, 15) is 0 Å². The summed E-state index contributed by atoms with van der Waals surface area (Å²) < 4.78 is 0. The molecule has 0 radical (unpaired) electrons. The number of fused-ring (bicyclic) bond motifs is 12. The van der Waals surface area contributed by atoms with Crippen molar-refractivity contribution >= 4 is 38.6 Å². The summed E-state index contributed by atoms with van der Waals surface area (Å²) in [5.74, 6) is 0. The van der Waals surface area contributed by atoms with Gasteiger partial charge in [0, 0.05) is 22.5 Å². The van der Waals surface area contributed by atoms with Crippen LogP contribution in [0, 0.1) is 0 Å². The van der Waals surface area contributed by atoms with E-state index in [2.05, 4.69) is 243 Å². The molecule has 0 atom stereocenters. The van der Waals surface area contributed by atoms with Crippen LogP contribution in [-0.2, 0) is 10.8 Å². The lowest BCUT2D eigenvalue weighted by molar-refractivity contribution is 0.642. The minimum atomic E-state index is -0.464. The van der Waals surface area contributed by atoms with E-state index in [1.54, 1.807) is 0 Å². The van der Waals surface area contributed by atoms with E-state index in [0.29, 0.717) is 0 Å². The second-order valence-corrected chi connectivity index (χ2v) is 17.3. The van der Waals surface area contributed by atoms with Gasteiger partial charge in [0.05, 0.1) is 5.41 Å². The van der Waals surface area contributed by atoms with Crippen LogP contribution in [0.15, 0.2) is 224 Å². The van der Waals surface area contributed by atoms with Crippen molar-refractivity contribution in [2.24, 2.45) is 0 Å². The SMILES string of the molecule is CC(C)(c1ccc(N(c2ccc(-c3ccccc3)cc2)c2ccc3c(c2)C2(c4ccccc4-c4ccccc42)c2cc4ccccc4cc2-3)cc1)c1ccc2ccccc2c1. The van der Waals surface area contributed by atoms with Gasteiger partial charge >= 0.3 is 0 Å². The Morgan fingerprint density at radius 2 is 0.787 bits per heavy atom. The van der Waals surface area contributed by atoms with Crippen LogP contribution in [-0.4, -0.2) is 0 Å². The van der Waals surface area contributed by atoms with Crippen molar-refractivity contribution in [2.45, 2.75) is 24.7 Å². The molecule has 2 aliphatic rings. The van der Waals surface area contributed by atoms with Crippen LogP contribution in [0.2, 0.25) is 0 Å². The summed E-state index contributed by atoms with van der Waals surface area (Å²) in [7, 11) is 0. The van der Waals surface area contributed by atoms with Crippen LogP contribution in [0.1, 0.15) is 47.2 Å². The molecule has 2 aliphatic carbocycles. The molecule has 0 bridgehead atoms. The molecule has 1 spiro atoms. The Hall–Kier alpha value is -7.48. The first-order valence-electron chi connectivity index (χ1n) is 21.4. The summed E-state index contributed by atoms with van der Waals surface area (Å²) in [5.41, 5.74) is 18.3. The fourth-order valence-electron chi connectivity index (χ4n) is 10.6. The average Bonchev–Trinajstić information content (AvgIpc) is 3.78. The van der Waals surface area contributed by atoms with Gasteiger partial charge in [-0.2, -0.15) is 0 Å². The first-order chi connectivity index (χ1) is 30.0. The molecule has 288 valence electrons. The lowest BCUT2D eigenvalue weighted by Gasteiger charge is -2.32. The molecule has 0 saturated heterocycles. The fourth-order valence-corrected chi connectivity index (χ4v) is 10.6. The summed E-state index contributed by atoms with van der Waals surface area (Å²) in [5, 5.41) is 5.07. The van der Waals surface area contributed by atoms with Crippen molar-refractivity contribution in [1.82, 2.24) is 0 Å². The van der Waals surface area contributed by atoms with E-state index in [1.807, 2.05) is 0 Å². The van der Waals surface area contributed by atoms with Crippen LogP contribution in [0.5, 0.6) is 0 Å². The highest BCUT2D eigenvalue weighted by atomic mass is 15.1. The first kappa shape index (κ1) is 35.5. The zero-order chi connectivity index (χ0) is 40.7. The maximum Gasteiger partial charge on any atom is 0.0726 e. The topological polar surface area (TPSA) is 3.24 Å². The second-order valence-electron chi connectivity index (χ2n) is 17.3. The number of hydrogen-bond donors (Lipinski definition) is 0. The van der Waals surface area contributed by atoms with Crippen LogP contribution in [0.4, 0.5) is 17.1 Å². The normalized spacial score (nSPS) is 13.2. The third kappa shape index (κ3) is 5.33. The average molecular weight is 778 g/mol. The standard InChI is InChI=1S/C60H43N/c1-59(2,47-27-24-41-16-6-7-17-43(41)36-47)46-28-32-49(33-29-46)61(48-30-25-42(26-31-48)40-14-4-3-5-15-40)50-34-35-53-54-37-44-18-8-9-19-45(44)38-57(54)60(58(53)39-50)55-22-12-10-20-51(55)52-21-11-13-23-56(52)60/h3-39H,1-2H3. The van der Waals surface area contributed by atoms with Gasteiger partial charge in [-0.1, -0.05) is 190 Å². The van der Waals surface area contributed by atoms with Crippen molar-refractivity contribution in [2.75, 3.05) is 4.90 Å². The van der Waals surface area contributed by atoms with Crippen LogP contribution < -0.4 is 4.90 Å². The Labute approximate surface area is 357 Å². The van der Waals surface area contributed by atoms with E-state index in [0.717, 1.165) is 17.1 Å². The zero-order valence-corrected chi connectivity index (χ0v) is 34.3. The summed E-state index contributed by atoms with van der Waals surface area (Å²) >= 11 is 0. The molecule has 0 aliphatic heterocycles. The highest BCUT2D eigenvalue weighted by Gasteiger charge is 2.52. The fraction of sp³-hybridized carbons (Fsp3) is 0.0667. The summed E-state index contributed by atoms with van der Waals surface area (Å²) in [6.45, 7) is 4.68. The molecule has 0 unspecified atom stereocenters. The molecular weight excluding hydrogens is 735 g/mol. The van der Waals surface area contributed by atoms with Gasteiger partial charge in [-0.3, -0.25) is 0 Å². The van der Waals surface area contributed by atoms with Crippen molar-refractivity contribution in [3.05, 3.63) is 258 Å². The molecule has 1 heteroatoms. The molecule has 10 aromatic rings. The predicted octanol–water partition coefficient (Wildman–Crippen LogP) is 15.8. The Balaban J connectivity index is 1.05. The number of nitrogens with zero attached hydrogens (tertiary/aromatic N) is 1. The third-order valence-electron chi connectivity index (χ3n) is 13.7. The summed E-state index contributed by atoms with van der Waals surface area (Å²) in [6.07, 6.45) is 0. The van der Waals surface area contributed by atoms with Gasteiger partial charge in [-0.05, 0) is 137 Å². The molecule has 0 amide bonds. The first-order valence-corrected chi connectivity index (χ1v) is 21.4. The maximum atomic E-state index is 2.50. The van der Waals surface area contributed by atoms with Gasteiger partial charge < -0.3 is 4.90 Å². The Kier molecular flexibility index (Phi) is 7.86. The molecule has 0 saturated carbocycles. The number of anilines is 3. The third-order valence-corrected chi connectivity index (χ3v) is 13.7. The highest BCUT2D eigenvalue weighted by molar-refractivity contribution is 6.00. The number of hydrogen-bond acceptors (Lipinski definition) is 1. The number of rotatable bonds is 6. The smallest absolute Gasteiger partial charge is 0.0726 e. The molecule has 1 nitrogen and oxygen atoms in total. The molecule has 12 rings (SSSR count). The molecule has 0 aromatic heterocycles. The van der Waals surface area contributed by atoms with Crippen molar-refractivity contribution < 1.29 is 0 Å². The molecule has 0 N–H and O–H groups in total. The summed E-state index contributed by atoms with van der Waals surface area (Å²) in [4.78, 5) is 2.45. The van der Waals surface area contributed by atoms with Gasteiger partial charge in [0.25, 0.3) is 0 Å². The molecule has 61 heavy (non-hydrogen) atoms. The van der Waals surface area contributed by atoms with Crippen LogP contribution >= 0.6 is 0 Å². The van der Waals surface area contributed by atoms with E-state index in [1.165, 1.54) is 88.3 Å². The van der Waals surface area contributed by atoms with E-state index in [-0.39, 0.29) is 5.41 Å².